The lowest BCUT2D eigenvalue weighted by atomic mass is 10.2. The number of aromatic nitrogens is 1. The highest BCUT2D eigenvalue weighted by Gasteiger charge is 2.14. The van der Waals surface area contributed by atoms with Gasteiger partial charge in [0.2, 0.25) is 0 Å². The lowest BCUT2D eigenvalue weighted by Crippen LogP contribution is -2.18. The highest BCUT2D eigenvalue weighted by molar-refractivity contribution is 9.10. The predicted molar refractivity (Wildman–Crippen MR) is 98.9 cm³/mol. The Kier molecular flexibility index (Phi) is 4.09. The van der Waals surface area contributed by atoms with Crippen molar-refractivity contribution in [2.45, 2.75) is 19.4 Å². The summed E-state index contributed by atoms with van der Waals surface area (Å²) in [6, 6.07) is 12.0. The van der Waals surface area contributed by atoms with Gasteiger partial charge in [-0.05, 0) is 61.8 Å². The van der Waals surface area contributed by atoms with Gasteiger partial charge in [0.15, 0.2) is 0 Å². The zero-order valence-corrected chi connectivity index (χ0v) is 15.0. The number of benzene rings is 2. The molecule has 0 saturated carbocycles. The summed E-state index contributed by atoms with van der Waals surface area (Å²) in [7, 11) is 0. The number of thiazole rings is 1. The van der Waals surface area contributed by atoms with E-state index in [0.717, 1.165) is 27.1 Å². The van der Waals surface area contributed by atoms with Crippen molar-refractivity contribution in [2.24, 2.45) is 0 Å². The van der Waals surface area contributed by atoms with Crippen LogP contribution >= 0.6 is 27.3 Å². The highest BCUT2D eigenvalue weighted by atomic mass is 79.9. The third-order valence-electron chi connectivity index (χ3n) is 4.25. The van der Waals surface area contributed by atoms with E-state index in [2.05, 4.69) is 44.0 Å². The number of hydrogen-bond donors (Lipinski definition) is 1. The van der Waals surface area contributed by atoms with Gasteiger partial charge in [-0.15, -0.1) is 11.3 Å². The Balaban J connectivity index is 1.68. The molecule has 1 aliphatic rings. The predicted octanol–water partition coefficient (Wildman–Crippen LogP) is 5.03. The third kappa shape index (κ3) is 3.13. The van der Waals surface area contributed by atoms with Crippen LogP contribution in [0.25, 0.3) is 20.8 Å². The van der Waals surface area contributed by atoms with Crippen molar-refractivity contribution < 1.29 is 5.11 Å². The van der Waals surface area contributed by atoms with Crippen LogP contribution in [-0.2, 0) is 6.54 Å². The molecule has 3 aromatic rings. The van der Waals surface area contributed by atoms with Gasteiger partial charge in [-0.1, -0.05) is 22.0 Å². The van der Waals surface area contributed by atoms with Gasteiger partial charge in [0, 0.05) is 11.0 Å². The first-order valence-corrected chi connectivity index (χ1v) is 9.41. The van der Waals surface area contributed by atoms with Crippen LogP contribution in [0.3, 0.4) is 0 Å². The number of aromatic hydroxyl groups is 1. The smallest absolute Gasteiger partial charge is 0.128 e. The fraction of sp³-hybridized carbons (Fsp3) is 0.278. The van der Waals surface area contributed by atoms with Crippen LogP contribution in [-0.4, -0.2) is 28.1 Å². The zero-order chi connectivity index (χ0) is 15.8. The average Bonchev–Trinajstić information content (AvgIpc) is 3.18. The van der Waals surface area contributed by atoms with Crippen LogP contribution in [0.2, 0.25) is 0 Å². The number of rotatable bonds is 3. The zero-order valence-electron chi connectivity index (χ0n) is 12.6. The van der Waals surface area contributed by atoms with E-state index in [1.807, 2.05) is 12.1 Å². The molecular formula is C18H17BrN2OS. The van der Waals surface area contributed by atoms with E-state index in [0.29, 0.717) is 0 Å². The molecule has 1 fully saturated rings. The van der Waals surface area contributed by atoms with E-state index in [-0.39, 0.29) is 5.75 Å². The average molecular weight is 389 g/mol. The van der Waals surface area contributed by atoms with Gasteiger partial charge in [0.1, 0.15) is 10.8 Å². The lowest BCUT2D eigenvalue weighted by molar-refractivity contribution is 0.331. The summed E-state index contributed by atoms with van der Waals surface area (Å²) >= 11 is 5.09. The van der Waals surface area contributed by atoms with Crippen molar-refractivity contribution in [1.29, 1.82) is 0 Å². The molecule has 3 nitrogen and oxygen atoms in total. The number of phenols is 1. The molecule has 0 bridgehead atoms. The Morgan fingerprint density at radius 3 is 2.78 bits per heavy atom. The Morgan fingerprint density at radius 2 is 1.96 bits per heavy atom. The summed E-state index contributed by atoms with van der Waals surface area (Å²) in [5.41, 5.74) is 3.12. The van der Waals surface area contributed by atoms with Gasteiger partial charge < -0.3 is 5.11 Å². The number of halogens is 1. The fourth-order valence-electron chi connectivity index (χ4n) is 3.06. The second kappa shape index (κ2) is 6.23. The number of fused-ring (bicyclic) bond motifs is 1. The number of hydrogen-bond acceptors (Lipinski definition) is 4. The van der Waals surface area contributed by atoms with Gasteiger partial charge in [-0.25, -0.2) is 4.98 Å². The molecule has 1 aliphatic heterocycles. The van der Waals surface area contributed by atoms with Crippen molar-refractivity contribution in [2.75, 3.05) is 13.1 Å². The van der Waals surface area contributed by atoms with Crippen LogP contribution in [0.4, 0.5) is 0 Å². The number of phenolic OH excluding ortho intramolecular Hbond substituents is 1. The molecule has 1 aromatic heterocycles. The summed E-state index contributed by atoms with van der Waals surface area (Å²) in [4.78, 5) is 7.19. The molecule has 0 amide bonds. The Morgan fingerprint density at radius 1 is 1.13 bits per heavy atom. The number of nitrogens with zero attached hydrogens (tertiary/aromatic N) is 2. The van der Waals surface area contributed by atoms with Crippen LogP contribution in [0, 0.1) is 0 Å². The Labute approximate surface area is 147 Å². The second-order valence-electron chi connectivity index (χ2n) is 5.97. The van der Waals surface area contributed by atoms with Crippen molar-refractivity contribution in [3.05, 3.63) is 46.4 Å². The van der Waals surface area contributed by atoms with Crippen LogP contribution < -0.4 is 0 Å². The quantitative estimate of drug-likeness (QED) is 0.683. The minimum absolute atomic E-state index is 0.268. The molecule has 23 heavy (non-hydrogen) atoms. The minimum Gasteiger partial charge on any atom is -0.507 e. The monoisotopic (exact) mass is 388 g/mol. The largest absolute Gasteiger partial charge is 0.507 e. The first-order valence-electron chi connectivity index (χ1n) is 7.80. The summed E-state index contributed by atoms with van der Waals surface area (Å²) in [6.45, 7) is 3.43. The van der Waals surface area contributed by atoms with E-state index >= 15 is 0 Å². The topological polar surface area (TPSA) is 36.4 Å². The molecule has 0 aliphatic carbocycles. The standard InChI is InChI=1S/C18H17BrN2OS/c19-13-4-6-16(22)14(10-13)18-20-15-5-3-12(9-17(15)23-18)11-21-7-1-2-8-21/h3-6,9-10,22H,1-2,7-8,11H2. The summed E-state index contributed by atoms with van der Waals surface area (Å²) < 4.78 is 2.12. The molecule has 2 aromatic carbocycles. The molecule has 0 spiro atoms. The van der Waals surface area contributed by atoms with Crippen molar-refractivity contribution in [1.82, 2.24) is 9.88 Å². The molecule has 1 saturated heterocycles. The maximum Gasteiger partial charge on any atom is 0.128 e. The molecule has 118 valence electrons. The van der Waals surface area contributed by atoms with E-state index in [1.165, 1.54) is 36.2 Å². The van der Waals surface area contributed by atoms with Crippen molar-refractivity contribution in [3.63, 3.8) is 0 Å². The number of likely N-dealkylation sites (tertiary alicyclic amines) is 1. The summed E-state index contributed by atoms with van der Waals surface area (Å²) in [6.07, 6.45) is 2.63. The molecule has 5 heteroatoms. The molecule has 0 unspecified atom stereocenters. The van der Waals surface area contributed by atoms with Gasteiger partial charge in [-0.2, -0.15) is 0 Å². The molecular weight excluding hydrogens is 372 g/mol. The second-order valence-corrected chi connectivity index (χ2v) is 7.91. The molecule has 0 radical (unpaired) electrons. The molecule has 1 N–H and O–H groups in total. The van der Waals surface area contributed by atoms with E-state index in [4.69, 9.17) is 0 Å². The van der Waals surface area contributed by atoms with Gasteiger partial charge in [0.25, 0.3) is 0 Å². The maximum atomic E-state index is 10.1. The Bertz CT molecular complexity index is 855. The highest BCUT2D eigenvalue weighted by Crippen LogP contribution is 2.37. The third-order valence-corrected chi connectivity index (χ3v) is 5.79. The fourth-order valence-corrected chi connectivity index (χ4v) is 4.48. The maximum absolute atomic E-state index is 10.1. The van der Waals surface area contributed by atoms with Crippen LogP contribution in [0.1, 0.15) is 18.4 Å². The van der Waals surface area contributed by atoms with Crippen LogP contribution in [0.5, 0.6) is 5.75 Å². The molecule has 4 rings (SSSR count). The first-order chi connectivity index (χ1) is 11.2. The van der Waals surface area contributed by atoms with Crippen LogP contribution in [0.15, 0.2) is 40.9 Å². The SMILES string of the molecule is Oc1ccc(Br)cc1-c1nc2ccc(CN3CCCC3)cc2s1. The van der Waals surface area contributed by atoms with E-state index in [9.17, 15) is 5.11 Å². The lowest BCUT2D eigenvalue weighted by Gasteiger charge is -2.14. The Hall–Kier alpha value is -1.43. The van der Waals surface area contributed by atoms with E-state index in [1.54, 1.807) is 17.4 Å². The van der Waals surface area contributed by atoms with Gasteiger partial charge in [-0.3, -0.25) is 4.90 Å². The molecule has 0 atom stereocenters. The van der Waals surface area contributed by atoms with Gasteiger partial charge >= 0.3 is 0 Å². The van der Waals surface area contributed by atoms with Gasteiger partial charge in [0.05, 0.1) is 15.8 Å². The van der Waals surface area contributed by atoms with E-state index < -0.39 is 0 Å². The normalized spacial score (nSPS) is 15.5. The summed E-state index contributed by atoms with van der Waals surface area (Å²) in [5.74, 6) is 0.268. The van der Waals surface area contributed by atoms with Crippen molar-refractivity contribution in [3.8, 4) is 16.3 Å². The summed E-state index contributed by atoms with van der Waals surface area (Å²) in [5, 5.41) is 11.0. The van der Waals surface area contributed by atoms with Crippen molar-refractivity contribution >= 4 is 37.5 Å². The minimum atomic E-state index is 0.268. The first kappa shape index (κ1) is 15.1. The molecule has 2 heterocycles.